The zero-order valence-corrected chi connectivity index (χ0v) is 16.1. The van der Waals surface area contributed by atoms with Crippen LogP contribution in [0.4, 0.5) is 0 Å². The number of ether oxygens (including phenoxy) is 1. The zero-order valence-electron chi connectivity index (χ0n) is 14.5. The minimum atomic E-state index is -0.909. The first-order valence-corrected chi connectivity index (χ1v) is 8.95. The molecule has 2 N–H and O–H groups in total. The number of hydrogen-bond donors (Lipinski definition) is 1. The van der Waals surface area contributed by atoms with Crippen LogP contribution in [-0.2, 0) is 24.0 Å². The molecule has 0 aliphatic carbocycles. The van der Waals surface area contributed by atoms with Crippen LogP contribution in [0.2, 0.25) is 0 Å². The number of rotatable bonds is 10. The van der Waals surface area contributed by atoms with E-state index in [-0.39, 0.29) is 49.6 Å². The highest BCUT2D eigenvalue weighted by molar-refractivity contribution is 8.13. The lowest BCUT2D eigenvalue weighted by atomic mass is 10.1. The van der Waals surface area contributed by atoms with Crippen molar-refractivity contribution in [1.29, 1.82) is 0 Å². The highest BCUT2D eigenvalue weighted by Gasteiger charge is 2.36. The molecule has 0 saturated carbocycles. The first-order valence-electron chi connectivity index (χ1n) is 7.97. The predicted molar refractivity (Wildman–Crippen MR) is 96.2 cm³/mol. The van der Waals surface area contributed by atoms with Gasteiger partial charge in [-0.3, -0.25) is 9.59 Å². The maximum absolute atomic E-state index is 12.5. The van der Waals surface area contributed by atoms with Gasteiger partial charge in [0.1, 0.15) is 6.04 Å². The number of likely N-dealkylation sites (tertiary alicyclic amines) is 1. The number of esters is 1. The third kappa shape index (κ3) is 8.19. The highest BCUT2D eigenvalue weighted by atomic mass is 35.5. The Kier molecular flexibility index (Phi) is 11.9. The van der Waals surface area contributed by atoms with Gasteiger partial charge in [-0.25, -0.2) is 4.79 Å². The summed E-state index contributed by atoms with van der Waals surface area (Å²) in [6.45, 7) is 1.92. The summed E-state index contributed by atoms with van der Waals surface area (Å²) in [5.74, 6) is -0.827. The molecular weight excluding hydrogens is 390 g/mol. The second kappa shape index (κ2) is 12.7. The second-order valence-corrected chi connectivity index (χ2v) is 6.63. The smallest absolute Gasteiger partial charge is 0.328 e. The Bertz CT molecular complexity index is 509. The van der Waals surface area contributed by atoms with Gasteiger partial charge in [0.15, 0.2) is 0 Å². The fourth-order valence-electron chi connectivity index (χ4n) is 2.37. The van der Waals surface area contributed by atoms with Gasteiger partial charge >= 0.3 is 5.97 Å². The molecule has 0 radical (unpaired) electrons. The van der Waals surface area contributed by atoms with Gasteiger partial charge in [-0.1, -0.05) is 18.7 Å². The summed E-state index contributed by atoms with van der Waals surface area (Å²) in [5, 5.41) is 8.91. The normalized spacial score (nSPS) is 17.2. The summed E-state index contributed by atoms with van der Waals surface area (Å²) in [4.78, 5) is 51.4. The van der Waals surface area contributed by atoms with Crippen molar-refractivity contribution in [2.75, 3.05) is 32.1 Å². The van der Waals surface area contributed by atoms with Crippen molar-refractivity contribution in [2.24, 2.45) is 11.7 Å². The van der Waals surface area contributed by atoms with Crippen LogP contribution in [0.15, 0.2) is 0 Å². The molecular formula is C14H24ClN3O7S. The Morgan fingerprint density at radius 3 is 2.69 bits per heavy atom. The van der Waals surface area contributed by atoms with Gasteiger partial charge in [0.2, 0.25) is 11.0 Å². The van der Waals surface area contributed by atoms with E-state index in [1.54, 1.807) is 6.92 Å². The molecule has 0 unspecified atom stereocenters. The number of halogens is 1. The SMILES string of the molecule is C[C@H](CSC(=O)CN)C(=O)N1CCC[C@H]1C(=O)OCCCO[N+](=O)[O-].Cl. The quantitative estimate of drug-likeness (QED) is 0.233. The van der Waals surface area contributed by atoms with Crippen LogP contribution < -0.4 is 5.73 Å². The number of hydrogen-bond acceptors (Lipinski definition) is 9. The Hall–Kier alpha value is -1.59. The molecule has 1 aliphatic rings. The van der Waals surface area contributed by atoms with Gasteiger partial charge in [-0.15, -0.1) is 22.5 Å². The van der Waals surface area contributed by atoms with Crippen LogP contribution in [0.1, 0.15) is 26.2 Å². The monoisotopic (exact) mass is 413 g/mol. The Balaban J connectivity index is 0.00000625. The third-order valence-electron chi connectivity index (χ3n) is 3.62. The number of nitrogens with two attached hydrogens (primary N) is 1. The van der Waals surface area contributed by atoms with Crippen LogP contribution >= 0.6 is 24.2 Å². The number of thioether (sulfide) groups is 1. The molecule has 12 heteroatoms. The van der Waals surface area contributed by atoms with Gasteiger partial charge in [0.05, 0.1) is 19.8 Å². The Morgan fingerprint density at radius 1 is 1.38 bits per heavy atom. The fraction of sp³-hybridized carbons (Fsp3) is 0.786. The first-order chi connectivity index (χ1) is 11.9. The molecule has 1 fully saturated rings. The van der Waals surface area contributed by atoms with E-state index < -0.39 is 23.0 Å². The molecule has 1 heterocycles. The Labute approximate surface area is 161 Å². The molecule has 0 aromatic carbocycles. The second-order valence-electron chi connectivity index (χ2n) is 5.56. The first kappa shape index (κ1) is 24.4. The van der Waals surface area contributed by atoms with Crippen molar-refractivity contribution in [3.63, 3.8) is 0 Å². The van der Waals surface area contributed by atoms with Gasteiger partial charge in [-0.2, -0.15) is 0 Å². The molecule has 0 spiro atoms. The van der Waals surface area contributed by atoms with Crippen LogP contribution in [-0.4, -0.2) is 65.1 Å². The van der Waals surface area contributed by atoms with Crippen molar-refractivity contribution in [2.45, 2.75) is 32.2 Å². The summed E-state index contributed by atoms with van der Waals surface area (Å²) in [7, 11) is 0. The van der Waals surface area contributed by atoms with Gasteiger partial charge in [-0.05, 0) is 12.8 Å². The van der Waals surface area contributed by atoms with Crippen LogP contribution in [0.3, 0.4) is 0 Å². The summed E-state index contributed by atoms with van der Waals surface area (Å²) >= 11 is 1.01. The van der Waals surface area contributed by atoms with Crippen molar-refractivity contribution in [1.82, 2.24) is 4.90 Å². The highest BCUT2D eigenvalue weighted by Crippen LogP contribution is 2.22. The summed E-state index contributed by atoms with van der Waals surface area (Å²) in [5.41, 5.74) is 5.23. The van der Waals surface area contributed by atoms with Gasteiger partial charge < -0.3 is 20.2 Å². The molecule has 0 aromatic heterocycles. The molecule has 0 aromatic rings. The molecule has 150 valence electrons. The topological polar surface area (TPSA) is 142 Å². The maximum atomic E-state index is 12.5. The van der Waals surface area contributed by atoms with Crippen LogP contribution in [0, 0.1) is 16.0 Å². The molecule has 1 amide bonds. The van der Waals surface area contributed by atoms with Gasteiger partial charge in [0, 0.05) is 24.6 Å². The fourth-order valence-corrected chi connectivity index (χ4v) is 3.07. The summed E-state index contributed by atoms with van der Waals surface area (Å²) in [6.07, 6.45) is 1.40. The third-order valence-corrected chi connectivity index (χ3v) is 4.78. The van der Waals surface area contributed by atoms with Crippen molar-refractivity contribution in [3.05, 3.63) is 10.1 Å². The number of carbonyl (C=O) groups excluding carboxylic acids is 3. The van der Waals surface area contributed by atoms with Crippen LogP contribution in [0.5, 0.6) is 0 Å². The van der Waals surface area contributed by atoms with E-state index in [1.807, 2.05) is 0 Å². The van der Waals surface area contributed by atoms with E-state index in [2.05, 4.69) is 4.84 Å². The average molecular weight is 414 g/mol. The molecule has 2 atom stereocenters. The molecule has 10 nitrogen and oxygen atoms in total. The lowest BCUT2D eigenvalue weighted by Crippen LogP contribution is -2.44. The number of carbonyl (C=O) groups is 3. The molecule has 0 bridgehead atoms. The maximum Gasteiger partial charge on any atom is 0.328 e. The lowest BCUT2D eigenvalue weighted by molar-refractivity contribution is -0.757. The Morgan fingerprint density at radius 2 is 2.08 bits per heavy atom. The van der Waals surface area contributed by atoms with E-state index >= 15 is 0 Å². The van der Waals surface area contributed by atoms with Crippen molar-refractivity contribution in [3.8, 4) is 0 Å². The van der Waals surface area contributed by atoms with Crippen molar-refractivity contribution < 1.29 is 29.0 Å². The zero-order chi connectivity index (χ0) is 18.8. The van der Waals surface area contributed by atoms with E-state index in [4.69, 9.17) is 10.5 Å². The van der Waals surface area contributed by atoms with E-state index in [0.29, 0.717) is 25.1 Å². The molecule has 1 saturated heterocycles. The van der Waals surface area contributed by atoms with E-state index in [9.17, 15) is 24.5 Å². The van der Waals surface area contributed by atoms with E-state index in [1.165, 1.54) is 4.90 Å². The standard InChI is InChI=1S/C14H23N3O7S.ClH/c1-10(9-25-12(18)8-15)13(19)16-5-2-4-11(16)14(20)23-6-3-7-24-17(21)22;/h10-11H,2-9,15H2,1H3;1H/t10-,11+;/m1./s1. The summed E-state index contributed by atoms with van der Waals surface area (Å²) in [6, 6.07) is -0.651. The summed E-state index contributed by atoms with van der Waals surface area (Å²) < 4.78 is 5.07. The molecule has 1 aliphatic heterocycles. The predicted octanol–water partition coefficient (Wildman–Crippen LogP) is 0.395. The minimum Gasteiger partial charge on any atom is -0.464 e. The molecule has 1 rings (SSSR count). The van der Waals surface area contributed by atoms with Crippen molar-refractivity contribution >= 4 is 41.2 Å². The van der Waals surface area contributed by atoms with Crippen LogP contribution in [0.25, 0.3) is 0 Å². The minimum absolute atomic E-state index is 0. The average Bonchev–Trinajstić information content (AvgIpc) is 3.07. The lowest BCUT2D eigenvalue weighted by Gasteiger charge is -2.26. The number of nitrogens with zero attached hydrogens (tertiary/aromatic N) is 2. The number of amides is 1. The van der Waals surface area contributed by atoms with Gasteiger partial charge in [0.25, 0.3) is 5.09 Å². The largest absolute Gasteiger partial charge is 0.464 e. The molecule has 26 heavy (non-hydrogen) atoms. The van der Waals surface area contributed by atoms with E-state index in [0.717, 1.165) is 11.8 Å².